The van der Waals surface area contributed by atoms with Gasteiger partial charge in [0.05, 0.1) is 12.7 Å². The van der Waals surface area contributed by atoms with Crippen LogP contribution < -0.4 is 5.32 Å². The molecule has 1 fully saturated rings. The summed E-state index contributed by atoms with van der Waals surface area (Å²) in [6.07, 6.45) is 2.15. The fourth-order valence-corrected chi connectivity index (χ4v) is 4.45. The molecule has 1 heterocycles. The van der Waals surface area contributed by atoms with Crippen LogP contribution in [0.25, 0.3) is 0 Å². The van der Waals surface area contributed by atoms with Gasteiger partial charge in [-0.15, -0.1) is 0 Å². The fourth-order valence-electron chi connectivity index (χ4n) is 4.45. The molecule has 0 aromatic heterocycles. The third kappa shape index (κ3) is 2.95. The number of hydrogen-bond donors (Lipinski definition) is 1. The number of allylic oxidation sites excluding steroid dienone is 1. The Balaban J connectivity index is 1.70. The van der Waals surface area contributed by atoms with Gasteiger partial charge in [0.15, 0.2) is 0 Å². The lowest BCUT2D eigenvalue weighted by Gasteiger charge is -2.54. The van der Waals surface area contributed by atoms with Crippen LogP contribution in [0.3, 0.4) is 0 Å². The minimum Gasteiger partial charge on any atom is -0.449 e. The smallest absolute Gasteiger partial charge is 0.411 e. The molecule has 5 atom stereocenters. The number of hydrogen-bond acceptors (Lipinski definition) is 3. The first kappa shape index (κ1) is 17.0. The van der Waals surface area contributed by atoms with E-state index in [4.69, 9.17) is 9.47 Å². The molecule has 0 saturated carbocycles. The SMILES string of the molecule is CC1=C[C@@H](C)[C@@]2(COC(=O)Nc3ccccc3)CO[C@H](C)[C@@H]1[C@H]2C. The van der Waals surface area contributed by atoms with Gasteiger partial charge in [-0.2, -0.15) is 0 Å². The number of amides is 1. The van der Waals surface area contributed by atoms with Gasteiger partial charge in [0.25, 0.3) is 0 Å². The second-order valence-corrected chi connectivity index (χ2v) is 7.33. The summed E-state index contributed by atoms with van der Waals surface area (Å²) in [5, 5.41) is 2.78. The van der Waals surface area contributed by atoms with Crippen LogP contribution in [-0.2, 0) is 9.47 Å². The molecule has 0 spiro atoms. The van der Waals surface area contributed by atoms with Gasteiger partial charge in [-0.25, -0.2) is 4.79 Å². The average Bonchev–Trinajstić information content (AvgIpc) is 2.54. The number of anilines is 1. The zero-order chi connectivity index (χ0) is 17.3. The van der Waals surface area contributed by atoms with Crippen molar-refractivity contribution in [3.8, 4) is 0 Å². The number of nitrogens with one attached hydrogen (secondary N) is 1. The first-order chi connectivity index (χ1) is 11.4. The molecule has 1 aliphatic carbocycles. The van der Waals surface area contributed by atoms with E-state index in [-0.39, 0.29) is 11.5 Å². The molecule has 1 aliphatic heterocycles. The van der Waals surface area contributed by atoms with E-state index in [0.29, 0.717) is 31.0 Å². The highest BCUT2D eigenvalue weighted by Gasteiger charge is 2.53. The van der Waals surface area contributed by atoms with E-state index in [2.05, 4.69) is 39.1 Å². The van der Waals surface area contributed by atoms with Gasteiger partial charge < -0.3 is 9.47 Å². The molecule has 1 saturated heterocycles. The van der Waals surface area contributed by atoms with Crippen LogP contribution in [0.15, 0.2) is 42.0 Å². The molecule has 0 radical (unpaired) electrons. The molecule has 1 aromatic rings. The molecule has 1 N–H and O–H groups in total. The third-order valence-electron chi connectivity index (χ3n) is 6.00. The summed E-state index contributed by atoms with van der Waals surface area (Å²) >= 11 is 0. The van der Waals surface area contributed by atoms with Gasteiger partial charge in [0, 0.05) is 17.0 Å². The predicted octanol–water partition coefficient (Wildman–Crippen LogP) is 4.49. The zero-order valence-corrected chi connectivity index (χ0v) is 14.9. The van der Waals surface area contributed by atoms with Gasteiger partial charge in [-0.05, 0) is 37.8 Å². The molecule has 4 nitrogen and oxygen atoms in total. The van der Waals surface area contributed by atoms with Crippen molar-refractivity contribution in [3.05, 3.63) is 42.0 Å². The molecular weight excluding hydrogens is 302 g/mol. The van der Waals surface area contributed by atoms with Crippen molar-refractivity contribution in [2.45, 2.75) is 33.8 Å². The maximum Gasteiger partial charge on any atom is 0.411 e. The van der Waals surface area contributed by atoms with Gasteiger partial charge in [-0.3, -0.25) is 5.32 Å². The van der Waals surface area contributed by atoms with Gasteiger partial charge in [0.1, 0.15) is 6.61 Å². The number of rotatable bonds is 3. The number of carbonyl (C=O) groups is 1. The standard InChI is InChI=1S/C20H27NO3/c1-13-10-14(2)20(11-23-16(4)18(13)15(20)3)12-24-19(22)21-17-8-6-5-7-9-17/h5-10,14-16,18H,11-12H2,1-4H3,(H,21,22)/t14-,15-,16-,18+,20+/m1/s1. The Morgan fingerprint density at radius 3 is 2.71 bits per heavy atom. The molecule has 2 aliphatic rings. The quantitative estimate of drug-likeness (QED) is 0.831. The topological polar surface area (TPSA) is 47.6 Å². The van der Waals surface area contributed by atoms with E-state index in [1.54, 1.807) is 0 Å². The highest BCUT2D eigenvalue weighted by Crippen LogP contribution is 2.52. The molecule has 4 heteroatoms. The Morgan fingerprint density at radius 1 is 1.29 bits per heavy atom. The Hall–Kier alpha value is -1.81. The zero-order valence-electron chi connectivity index (χ0n) is 14.9. The molecule has 1 aromatic carbocycles. The van der Waals surface area contributed by atoms with Crippen LogP contribution in [0.2, 0.25) is 0 Å². The molecule has 130 valence electrons. The minimum atomic E-state index is -0.406. The molecule has 24 heavy (non-hydrogen) atoms. The highest BCUT2D eigenvalue weighted by molar-refractivity contribution is 5.84. The van der Waals surface area contributed by atoms with Crippen molar-refractivity contribution in [2.75, 3.05) is 18.5 Å². The Labute approximate surface area is 144 Å². The highest BCUT2D eigenvalue weighted by atomic mass is 16.6. The third-order valence-corrected chi connectivity index (χ3v) is 6.00. The van der Waals surface area contributed by atoms with Crippen LogP contribution in [0.1, 0.15) is 27.7 Å². The largest absolute Gasteiger partial charge is 0.449 e. The lowest BCUT2D eigenvalue weighted by Crippen LogP contribution is -2.56. The van der Waals surface area contributed by atoms with Crippen LogP contribution in [-0.4, -0.2) is 25.4 Å². The lowest BCUT2D eigenvalue weighted by molar-refractivity contribution is -0.156. The summed E-state index contributed by atoms with van der Waals surface area (Å²) in [7, 11) is 0. The van der Waals surface area contributed by atoms with Crippen molar-refractivity contribution in [1.82, 2.24) is 0 Å². The summed E-state index contributed by atoms with van der Waals surface area (Å²) in [6, 6.07) is 9.37. The molecule has 1 amide bonds. The summed E-state index contributed by atoms with van der Waals surface area (Å²) in [4.78, 5) is 12.2. The maximum absolute atomic E-state index is 12.2. The summed E-state index contributed by atoms with van der Waals surface area (Å²) in [5.41, 5.74) is 1.99. The van der Waals surface area contributed by atoms with Crippen molar-refractivity contribution in [1.29, 1.82) is 0 Å². The maximum atomic E-state index is 12.2. The first-order valence-electron chi connectivity index (χ1n) is 8.73. The van der Waals surface area contributed by atoms with Gasteiger partial charge in [-0.1, -0.05) is 43.7 Å². The van der Waals surface area contributed by atoms with Crippen LogP contribution >= 0.6 is 0 Å². The number of carbonyl (C=O) groups excluding carboxylic acids is 1. The number of benzene rings is 1. The van der Waals surface area contributed by atoms with Crippen molar-refractivity contribution >= 4 is 11.8 Å². The van der Waals surface area contributed by atoms with Crippen LogP contribution in [0.5, 0.6) is 0 Å². The van der Waals surface area contributed by atoms with E-state index in [9.17, 15) is 4.79 Å². The summed E-state index contributed by atoms with van der Waals surface area (Å²) < 4.78 is 11.7. The minimum absolute atomic E-state index is 0.148. The summed E-state index contributed by atoms with van der Waals surface area (Å²) in [5.74, 6) is 1.14. The lowest BCUT2D eigenvalue weighted by atomic mass is 9.56. The van der Waals surface area contributed by atoms with Crippen LogP contribution in [0.4, 0.5) is 10.5 Å². The Kier molecular flexibility index (Phi) is 4.68. The number of fused-ring (bicyclic) bond motifs is 2. The molecule has 3 rings (SSSR count). The Bertz CT molecular complexity index is 627. The fraction of sp³-hybridized carbons (Fsp3) is 0.550. The Morgan fingerprint density at radius 2 is 2.00 bits per heavy atom. The summed E-state index contributed by atoms with van der Waals surface area (Å²) in [6.45, 7) is 9.82. The van der Waals surface area contributed by atoms with E-state index in [0.717, 1.165) is 5.69 Å². The van der Waals surface area contributed by atoms with E-state index in [1.807, 2.05) is 30.3 Å². The van der Waals surface area contributed by atoms with Gasteiger partial charge >= 0.3 is 6.09 Å². The first-order valence-corrected chi connectivity index (χ1v) is 8.73. The van der Waals surface area contributed by atoms with Crippen LogP contribution in [0, 0.1) is 23.2 Å². The monoisotopic (exact) mass is 329 g/mol. The van der Waals surface area contributed by atoms with E-state index < -0.39 is 6.09 Å². The number of para-hydroxylation sites is 1. The molecule has 0 unspecified atom stereocenters. The van der Waals surface area contributed by atoms with Crippen molar-refractivity contribution in [2.24, 2.45) is 23.2 Å². The van der Waals surface area contributed by atoms with Crippen molar-refractivity contribution in [3.63, 3.8) is 0 Å². The predicted molar refractivity (Wildman–Crippen MR) is 94.8 cm³/mol. The van der Waals surface area contributed by atoms with E-state index >= 15 is 0 Å². The molecular formula is C20H27NO3. The van der Waals surface area contributed by atoms with Crippen molar-refractivity contribution < 1.29 is 14.3 Å². The second kappa shape index (κ2) is 6.60. The van der Waals surface area contributed by atoms with Gasteiger partial charge in [0.2, 0.25) is 0 Å². The number of ether oxygens (including phenoxy) is 2. The normalized spacial score (nSPS) is 35.1. The second-order valence-electron chi connectivity index (χ2n) is 7.33. The average molecular weight is 329 g/mol. The molecule has 2 bridgehead atoms. The van der Waals surface area contributed by atoms with E-state index in [1.165, 1.54) is 5.57 Å².